The Morgan fingerprint density at radius 1 is 1.14 bits per heavy atom. The number of nitrogens with zero attached hydrogens (tertiary/aromatic N) is 1. The van der Waals surface area contributed by atoms with Crippen LogP contribution in [0, 0.1) is 0 Å². The highest BCUT2D eigenvalue weighted by Crippen LogP contribution is 2.07. The summed E-state index contributed by atoms with van der Waals surface area (Å²) in [5.74, 6) is 1.33. The first kappa shape index (κ1) is 21.5. The lowest BCUT2D eigenvalue weighted by Crippen LogP contribution is -2.39. The lowest BCUT2D eigenvalue weighted by molar-refractivity contribution is 0.0600. The average Bonchev–Trinajstić information content (AvgIpc) is 3.24. The van der Waals surface area contributed by atoms with Gasteiger partial charge in [0.15, 0.2) is 5.96 Å². The summed E-state index contributed by atoms with van der Waals surface area (Å²) < 4.78 is 15.4. The highest BCUT2D eigenvalue weighted by molar-refractivity contribution is 5.89. The van der Waals surface area contributed by atoms with Gasteiger partial charge in [-0.25, -0.2) is 9.79 Å². The van der Waals surface area contributed by atoms with Crippen LogP contribution in [0.25, 0.3) is 0 Å². The van der Waals surface area contributed by atoms with E-state index in [1.54, 1.807) is 18.4 Å². The van der Waals surface area contributed by atoms with Gasteiger partial charge in [-0.1, -0.05) is 12.1 Å². The van der Waals surface area contributed by atoms with Crippen molar-refractivity contribution >= 4 is 11.9 Å². The fourth-order valence-electron chi connectivity index (χ4n) is 2.49. The van der Waals surface area contributed by atoms with Gasteiger partial charge in [0.2, 0.25) is 0 Å². The topological polar surface area (TPSA) is 85.1 Å². The molecule has 7 nitrogen and oxygen atoms in total. The van der Waals surface area contributed by atoms with Gasteiger partial charge in [0, 0.05) is 32.7 Å². The normalized spacial score (nSPS) is 11.3. The Labute approximate surface area is 166 Å². The van der Waals surface area contributed by atoms with Gasteiger partial charge in [-0.05, 0) is 43.2 Å². The molecule has 0 fully saturated rings. The number of guanidine groups is 1. The first-order valence-electron chi connectivity index (χ1n) is 9.52. The van der Waals surface area contributed by atoms with E-state index in [1.807, 2.05) is 31.2 Å². The molecule has 2 N–H and O–H groups in total. The average molecular weight is 387 g/mol. The van der Waals surface area contributed by atoms with Crippen molar-refractivity contribution in [3.05, 3.63) is 59.5 Å². The summed E-state index contributed by atoms with van der Waals surface area (Å²) in [6.45, 7) is 5.42. The lowest BCUT2D eigenvalue weighted by Gasteiger charge is -2.12. The van der Waals surface area contributed by atoms with E-state index in [4.69, 9.17) is 13.9 Å². The molecule has 0 aliphatic rings. The molecule has 1 aromatic carbocycles. The van der Waals surface area contributed by atoms with E-state index < -0.39 is 0 Å². The highest BCUT2D eigenvalue weighted by Gasteiger charge is 2.05. The smallest absolute Gasteiger partial charge is 0.337 e. The predicted molar refractivity (Wildman–Crippen MR) is 108 cm³/mol. The molecule has 1 aromatic heterocycles. The van der Waals surface area contributed by atoms with Crippen LogP contribution >= 0.6 is 0 Å². The molecule has 152 valence electrons. The molecule has 2 rings (SSSR count). The molecule has 28 heavy (non-hydrogen) atoms. The van der Waals surface area contributed by atoms with Gasteiger partial charge in [0.05, 0.1) is 25.5 Å². The molecule has 0 amide bonds. The van der Waals surface area contributed by atoms with E-state index in [1.165, 1.54) is 7.11 Å². The molecule has 7 heteroatoms. The fourth-order valence-corrected chi connectivity index (χ4v) is 2.49. The van der Waals surface area contributed by atoms with Crippen LogP contribution in [0.2, 0.25) is 0 Å². The molecule has 1 heterocycles. The molecule has 0 aliphatic carbocycles. The monoisotopic (exact) mass is 387 g/mol. The zero-order valence-electron chi connectivity index (χ0n) is 16.6. The minimum absolute atomic E-state index is 0.341. The van der Waals surface area contributed by atoms with Crippen molar-refractivity contribution < 1.29 is 18.7 Å². The number of carbonyl (C=O) groups is 1. The molecule has 0 radical (unpaired) electrons. The molecule has 0 spiro atoms. The Hall–Kier alpha value is -2.80. The number of ether oxygens (including phenoxy) is 2. The van der Waals surface area contributed by atoms with Gasteiger partial charge in [0.1, 0.15) is 5.76 Å². The van der Waals surface area contributed by atoms with Gasteiger partial charge >= 0.3 is 5.97 Å². The highest BCUT2D eigenvalue weighted by atomic mass is 16.5. The van der Waals surface area contributed by atoms with Gasteiger partial charge in [-0.3, -0.25) is 0 Å². The standard InChI is InChI=1S/C21H29N3O4/c1-3-27-14-5-12-22-21(23-13-11-19-6-4-15-28-19)24-16-17-7-9-18(10-8-17)20(25)26-2/h4,6-10,15H,3,5,11-14,16H2,1-2H3,(H2,22,23,24). The van der Waals surface area contributed by atoms with Crippen LogP contribution in [0.15, 0.2) is 52.1 Å². The number of aliphatic imine (C=N–C) groups is 1. The largest absolute Gasteiger partial charge is 0.469 e. The minimum atomic E-state index is -0.341. The molecule has 0 saturated carbocycles. The van der Waals surface area contributed by atoms with E-state index in [-0.39, 0.29) is 5.97 Å². The van der Waals surface area contributed by atoms with Crippen LogP contribution in [0.4, 0.5) is 0 Å². The van der Waals surface area contributed by atoms with E-state index in [0.29, 0.717) is 18.7 Å². The molecular formula is C21H29N3O4. The predicted octanol–water partition coefficient (Wildman–Crippen LogP) is 2.77. The van der Waals surface area contributed by atoms with Crippen molar-refractivity contribution in [1.82, 2.24) is 10.6 Å². The summed E-state index contributed by atoms with van der Waals surface area (Å²) in [7, 11) is 1.37. The van der Waals surface area contributed by atoms with Crippen LogP contribution in [-0.4, -0.2) is 45.3 Å². The summed E-state index contributed by atoms with van der Waals surface area (Å²) in [6, 6.07) is 11.1. The van der Waals surface area contributed by atoms with Gasteiger partial charge in [0.25, 0.3) is 0 Å². The number of methoxy groups -OCH3 is 1. The Balaban J connectivity index is 1.88. The molecular weight excluding hydrogens is 358 g/mol. The third-order valence-corrected chi connectivity index (χ3v) is 4.00. The maximum Gasteiger partial charge on any atom is 0.337 e. The van der Waals surface area contributed by atoms with Crippen molar-refractivity contribution in [2.45, 2.75) is 26.3 Å². The molecule has 0 saturated heterocycles. The van der Waals surface area contributed by atoms with Crippen LogP contribution in [0.3, 0.4) is 0 Å². The number of rotatable bonds is 11. The summed E-state index contributed by atoms with van der Waals surface area (Å²) in [5, 5.41) is 6.64. The minimum Gasteiger partial charge on any atom is -0.469 e. The SMILES string of the molecule is CCOCCCNC(=NCc1ccc(C(=O)OC)cc1)NCCc1ccco1. The summed E-state index contributed by atoms with van der Waals surface area (Å²) in [5.41, 5.74) is 1.54. The second-order valence-corrected chi connectivity index (χ2v) is 6.09. The van der Waals surface area contributed by atoms with Crippen molar-refractivity contribution in [2.24, 2.45) is 4.99 Å². The Morgan fingerprint density at radius 3 is 2.61 bits per heavy atom. The van der Waals surface area contributed by atoms with Gasteiger partial charge in [-0.2, -0.15) is 0 Å². The molecule has 2 aromatic rings. The van der Waals surface area contributed by atoms with Crippen LogP contribution in [0.1, 0.15) is 35.0 Å². The molecule has 0 atom stereocenters. The lowest BCUT2D eigenvalue weighted by atomic mass is 10.1. The number of carbonyl (C=O) groups excluding carboxylic acids is 1. The first-order valence-corrected chi connectivity index (χ1v) is 9.52. The number of benzene rings is 1. The Morgan fingerprint density at radius 2 is 1.93 bits per heavy atom. The number of hydrogen-bond donors (Lipinski definition) is 2. The van der Waals surface area contributed by atoms with E-state index in [9.17, 15) is 4.79 Å². The van der Waals surface area contributed by atoms with Crippen LogP contribution in [0.5, 0.6) is 0 Å². The molecule has 0 unspecified atom stereocenters. The Bertz CT molecular complexity index is 712. The van der Waals surface area contributed by atoms with Gasteiger partial charge < -0.3 is 24.5 Å². The van der Waals surface area contributed by atoms with Crippen molar-refractivity contribution in [3.8, 4) is 0 Å². The second kappa shape index (κ2) is 12.6. The summed E-state index contributed by atoms with van der Waals surface area (Å²) in [4.78, 5) is 16.1. The fraction of sp³-hybridized carbons (Fsp3) is 0.429. The van der Waals surface area contributed by atoms with Crippen molar-refractivity contribution in [2.75, 3.05) is 33.4 Å². The third-order valence-electron chi connectivity index (χ3n) is 4.00. The van der Waals surface area contributed by atoms with E-state index in [2.05, 4.69) is 15.6 Å². The number of esters is 1. The zero-order chi connectivity index (χ0) is 20.0. The van der Waals surface area contributed by atoms with Gasteiger partial charge in [-0.15, -0.1) is 0 Å². The van der Waals surface area contributed by atoms with Crippen LogP contribution < -0.4 is 10.6 Å². The quantitative estimate of drug-likeness (QED) is 0.267. The maximum atomic E-state index is 11.5. The Kier molecular flexibility index (Phi) is 9.65. The summed E-state index contributed by atoms with van der Waals surface area (Å²) >= 11 is 0. The van der Waals surface area contributed by atoms with Crippen LogP contribution in [-0.2, 0) is 22.4 Å². The second-order valence-electron chi connectivity index (χ2n) is 6.09. The maximum absolute atomic E-state index is 11.5. The van der Waals surface area contributed by atoms with Crippen molar-refractivity contribution in [3.63, 3.8) is 0 Å². The molecule has 0 bridgehead atoms. The first-order chi connectivity index (χ1) is 13.7. The number of furan rings is 1. The van der Waals surface area contributed by atoms with E-state index in [0.717, 1.165) is 49.9 Å². The number of hydrogen-bond acceptors (Lipinski definition) is 5. The van der Waals surface area contributed by atoms with E-state index >= 15 is 0 Å². The third kappa shape index (κ3) is 7.84. The number of nitrogens with one attached hydrogen (secondary N) is 2. The van der Waals surface area contributed by atoms with Crippen molar-refractivity contribution in [1.29, 1.82) is 0 Å². The molecule has 0 aliphatic heterocycles. The summed E-state index contributed by atoms with van der Waals surface area (Å²) in [6.07, 6.45) is 3.36. The zero-order valence-corrected chi connectivity index (χ0v) is 16.6.